The van der Waals surface area contributed by atoms with Crippen molar-refractivity contribution in [3.05, 3.63) is 18.1 Å². The van der Waals surface area contributed by atoms with Gasteiger partial charge in [-0.2, -0.15) is 0 Å². The molecule has 21 heavy (non-hydrogen) atoms. The molecule has 0 radical (unpaired) electrons. The molecule has 1 atom stereocenters. The highest BCUT2D eigenvalue weighted by Gasteiger charge is 2.30. The van der Waals surface area contributed by atoms with Crippen molar-refractivity contribution < 1.29 is 4.74 Å². The molecule has 1 unspecified atom stereocenters. The Balaban J connectivity index is 2.14. The first-order chi connectivity index (χ1) is 10.3. The van der Waals surface area contributed by atoms with Crippen LogP contribution in [0.25, 0.3) is 0 Å². The van der Waals surface area contributed by atoms with Crippen LogP contribution in [0, 0.1) is 11.8 Å². The normalized spacial score (nSPS) is 23.8. The molecule has 4 nitrogen and oxygen atoms in total. The van der Waals surface area contributed by atoms with E-state index in [1.165, 1.54) is 32.1 Å². The number of rotatable bonds is 7. The Hall–Kier alpha value is -1.16. The summed E-state index contributed by atoms with van der Waals surface area (Å²) >= 11 is 0. The maximum absolute atomic E-state index is 5.43. The Kier molecular flexibility index (Phi) is 6.43. The van der Waals surface area contributed by atoms with E-state index in [0.29, 0.717) is 11.8 Å². The maximum atomic E-state index is 5.43. The Bertz CT molecular complexity index is 416. The molecule has 1 N–H and O–H groups in total. The van der Waals surface area contributed by atoms with Gasteiger partial charge in [0, 0.05) is 12.4 Å². The Morgan fingerprint density at radius 2 is 1.90 bits per heavy atom. The first kappa shape index (κ1) is 16.2. The van der Waals surface area contributed by atoms with Crippen LogP contribution in [0.4, 0.5) is 0 Å². The summed E-state index contributed by atoms with van der Waals surface area (Å²) in [6.07, 6.45) is 11.2. The van der Waals surface area contributed by atoms with Crippen molar-refractivity contribution >= 4 is 0 Å². The monoisotopic (exact) mass is 291 g/mol. The Labute approximate surface area is 128 Å². The van der Waals surface area contributed by atoms with Crippen LogP contribution in [0.5, 0.6) is 5.88 Å². The molecule has 1 heterocycles. The summed E-state index contributed by atoms with van der Waals surface area (Å²) in [4.78, 5) is 8.89. The summed E-state index contributed by atoms with van der Waals surface area (Å²) in [6, 6.07) is 0.270. The lowest BCUT2D eigenvalue weighted by molar-refractivity contribution is 0.212. The molecule has 1 aromatic rings. The van der Waals surface area contributed by atoms with Crippen molar-refractivity contribution in [2.24, 2.45) is 11.8 Å². The van der Waals surface area contributed by atoms with E-state index >= 15 is 0 Å². The summed E-state index contributed by atoms with van der Waals surface area (Å²) < 4.78 is 5.43. The van der Waals surface area contributed by atoms with Crippen LogP contribution in [0.3, 0.4) is 0 Å². The number of ether oxygens (including phenoxy) is 1. The fourth-order valence-electron chi connectivity index (χ4n) is 3.42. The van der Waals surface area contributed by atoms with Gasteiger partial charge in [0.15, 0.2) is 0 Å². The van der Waals surface area contributed by atoms with Crippen molar-refractivity contribution in [2.45, 2.75) is 58.4 Å². The number of aromatic nitrogens is 2. The summed E-state index contributed by atoms with van der Waals surface area (Å²) in [5.74, 6) is 2.23. The molecule has 0 aromatic carbocycles. The highest BCUT2D eigenvalue weighted by Crippen LogP contribution is 2.39. The van der Waals surface area contributed by atoms with Crippen LogP contribution in [-0.2, 0) is 0 Å². The predicted molar refractivity (Wildman–Crippen MR) is 85.4 cm³/mol. The van der Waals surface area contributed by atoms with Crippen LogP contribution in [0.1, 0.15) is 64.1 Å². The molecule has 0 bridgehead atoms. The zero-order valence-electron chi connectivity index (χ0n) is 13.6. The average Bonchev–Trinajstić information content (AvgIpc) is 2.56. The molecule has 1 aliphatic carbocycles. The van der Waals surface area contributed by atoms with Gasteiger partial charge in [-0.3, -0.25) is 4.98 Å². The van der Waals surface area contributed by atoms with Crippen LogP contribution in [0.15, 0.2) is 12.4 Å². The first-order valence-electron chi connectivity index (χ1n) is 8.38. The molecule has 1 fully saturated rings. The van der Waals surface area contributed by atoms with Crippen molar-refractivity contribution in [1.82, 2.24) is 15.3 Å². The van der Waals surface area contributed by atoms with Gasteiger partial charge >= 0.3 is 0 Å². The molecule has 0 saturated heterocycles. The quantitative estimate of drug-likeness (QED) is 0.831. The SMILES string of the molecule is CCCNC(c1nccnc1OC)C1CCC(CC)CC1. The highest BCUT2D eigenvalue weighted by molar-refractivity contribution is 5.22. The topological polar surface area (TPSA) is 47.0 Å². The molecular formula is C17H29N3O. The zero-order chi connectivity index (χ0) is 15.1. The summed E-state index contributed by atoms with van der Waals surface area (Å²) in [5, 5.41) is 3.68. The molecule has 0 spiro atoms. The van der Waals surface area contributed by atoms with E-state index in [0.717, 1.165) is 24.6 Å². The standard InChI is InChI=1S/C17H29N3O/c1-4-10-18-15(14-8-6-13(5-2)7-9-14)16-17(21-3)20-12-11-19-16/h11-15,18H,4-10H2,1-3H3. The molecule has 1 saturated carbocycles. The lowest BCUT2D eigenvalue weighted by atomic mass is 9.77. The minimum absolute atomic E-state index is 0.270. The third-order valence-corrected chi connectivity index (χ3v) is 4.73. The number of hydrogen-bond acceptors (Lipinski definition) is 4. The second-order valence-corrected chi connectivity index (χ2v) is 6.07. The molecule has 2 rings (SSSR count). The van der Waals surface area contributed by atoms with E-state index in [1.807, 2.05) is 0 Å². The Morgan fingerprint density at radius 1 is 1.19 bits per heavy atom. The second-order valence-electron chi connectivity index (χ2n) is 6.07. The van der Waals surface area contributed by atoms with Gasteiger partial charge in [-0.1, -0.05) is 33.1 Å². The molecule has 0 amide bonds. The van der Waals surface area contributed by atoms with Gasteiger partial charge in [0.05, 0.1) is 13.2 Å². The molecular weight excluding hydrogens is 262 g/mol. The smallest absolute Gasteiger partial charge is 0.237 e. The number of hydrogen-bond donors (Lipinski definition) is 1. The van der Waals surface area contributed by atoms with Gasteiger partial charge in [-0.25, -0.2) is 4.98 Å². The fraction of sp³-hybridized carbons (Fsp3) is 0.765. The third kappa shape index (κ3) is 4.16. The number of methoxy groups -OCH3 is 1. The van der Waals surface area contributed by atoms with Gasteiger partial charge in [0.2, 0.25) is 5.88 Å². The largest absolute Gasteiger partial charge is 0.480 e. The van der Waals surface area contributed by atoms with E-state index in [9.17, 15) is 0 Å². The van der Waals surface area contributed by atoms with Gasteiger partial charge in [-0.15, -0.1) is 0 Å². The zero-order valence-corrected chi connectivity index (χ0v) is 13.6. The van der Waals surface area contributed by atoms with Gasteiger partial charge in [-0.05, 0) is 37.6 Å². The molecule has 0 aliphatic heterocycles. The third-order valence-electron chi connectivity index (χ3n) is 4.73. The maximum Gasteiger partial charge on any atom is 0.237 e. The van der Waals surface area contributed by atoms with Gasteiger partial charge in [0.25, 0.3) is 0 Å². The fourth-order valence-corrected chi connectivity index (χ4v) is 3.42. The van der Waals surface area contributed by atoms with E-state index in [1.54, 1.807) is 19.5 Å². The minimum Gasteiger partial charge on any atom is -0.480 e. The molecule has 1 aliphatic rings. The summed E-state index contributed by atoms with van der Waals surface area (Å²) in [7, 11) is 1.68. The van der Waals surface area contributed by atoms with E-state index in [4.69, 9.17) is 4.74 Å². The summed E-state index contributed by atoms with van der Waals surface area (Å²) in [6.45, 7) is 5.52. The van der Waals surface area contributed by atoms with E-state index < -0.39 is 0 Å². The molecule has 118 valence electrons. The summed E-state index contributed by atoms with van der Waals surface area (Å²) in [5.41, 5.74) is 0.980. The second kappa shape index (κ2) is 8.32. The number of nitrogens with one attached hydrogen (secondary N) is 1. The lowest BCUT2D eigenvalue weighted by Crippen LogP contribution is -2.32. The number of nitrogens with zero attached hydrogens (tertiary/aromatic N) is 2. The van der Waals surface area contributed by atoms with Crippen LogP contribution < -0.4 is 10.1 Å². The van der Waals surface area contributed by atoms with E-state index in [2.05, 4.69) is 29.1 Å². The predicted octanol–water partition coefficient (Wildman–Crippen LogP) is 3.74. The van der Waals surface area contributed by atoms with Crippen molar-refractivity contribution in [1.29, 1.82) is 0 Å². The van der Waals surface area contributed by atoms with Gasteiger partial charge < -0.3 is 10.1 Å². The minimum atomic E-state index is 0.270. The van der Waals surface area contributed by atoms with Crippen molar-refractivity contribution in [2.75, 3.05) is 13.7 Å². The highest BCUT2D eigenvalue weighted by atomic mass is 16.5. The van der Waals surface area contributed by atoms with Crippen LogP contribution in [0.2, 0.25) is 0 Å². The Morgan fingerprint density at radius 3 is 2.52 bits per heavy atom. The molecule has 1 aromatic heterocycles. The van der Waals surface area contributed by atoms with Gasteiger partial charge in [0.1, 0.15) is 5.69 Å². The lowest BCUT2D eigenvalue weighted by Gasteiger charge is -2.34. The van der Waals surface area contributed by atoms with Crippen molar-refractivity contribution in [3.8, 4) is 5.88 Å². The van der Waals surface area contributed by atoms with Crippen LogP contribution >= 0.6 is 0 Å². The van der Waals surface area contributed by atoms with E-state index in [-0.39, 0.29) is 6.04 Å². The van der Waals surface area contributed by atoms with Crippen LogP contribution in [-0.4, -0.2) is 23.6 Å². The molecule has 4 heteroatoms. The van der Waals surface area contributed by atoms with Crippen molar-refractivity contribution in [3.63, 3.8) is 0 Å². The average molecular weight is 291 g/mol. The first-order valence-corrected chi connectivity index (χ1v) is 8.38.